The van der Waals surface area contributed by atoms with Crippen molar-refractivity contribution in [2.24, 2.45) is 0 Å². The van der Waals surface area contributed by atoms with Crippen molar-refractivity contribution >= 4 is 47.8 Å². The van der Waals surface area contributed by atoms with E-state index in [-0.39, 0.29) is 0 Å². The van der Waals surface area contributed by atoms with Crippen LogP contribution in [0.5, 0.6) is 5.75 Å². The Labute approximate surface area is 126 Å². The first-order valence-electron chi connectivity index (χ1n) is 4.97. The van der Waals surface area contributed by atoms with Crippen molar-refractivity contribution < 1.29 is 4.74 Å². The molecule has 0 aliphatic heterocycles. The molecule has 0 fully saturated rings. The maximum atomic E-state index is 5.72. The van der Waals surface area contributed by atoms with Gasteiger partial charge in [-0.25, -0.2) is 0 Å². The van der Waals surface area contributed by atoms with Crippen molar-refractivity contribution in [1.82, 2.24) is 0 Å². The topological polar surface area (TPSA) is 9.23 Å². The summed E-state index contributed by atoms with van der Waals surface area (Å²) in [6.45, 7) is 0.566. The lowest BCUT2D eigenvalue weighted by atomic mass is 10.2. The van der Waals surface area contributed by atoms with Crippen LogP contribution in [0.1, 0.15) is 5.56 Å². The molecule has 1 nitrogen and oxygen atoms in total. The Bertz CT molecular complexity index is 488. The molecule has 2 aromatic rings. The lowest BCUT2D eigenvalue weighted by molar-refractivity contribution is 0.306. The predicted molar refractivity (Wildman–Crippen MR) is 80.3 cm³/mol. The third-order valence-electron chi connectivity index (χ3n) is 2.15. The highest BCUT2D eigenvalue weighted by Crippen LogP contribution is 2.25. The van der Waals surface area contributed by atoms with E-state index in [0.29, 0.717) is 6.61 Å². The molecule has 0 amide bonds. The van der Waals surface area contributed by atoms with Crippen molar-refractivity contribution in [3.8, 4) is 5.75 Å². The van der Waals surface area contributed by atoms with Crippen LogP contribution < -0.4 is 4.74 Å². The zero-order chi connectivity index (χ0) is 12.3. The average molecular weight is 421 g/mol. The van der Waals surface area contributed by atoms with Gasteiger partial charge in [-0.05, 0) is 35.9 Å². The lowest BCUT2D eigenvalue weighted by Gasteiger charge is -2.07. The molecule has 0 radical (unpaired) electrons. The van der Waals surface area contributed by atoms with Gasteiger partial charge in [0, 0.05) is 13.4 Å². The van der Waals surface area contributed by atoms with Gasteiger partial charge in [0.15, 0.2) is 0 Å². The summed E-state index contributed by atoms with van der Waals surface area (Å²) in [6.07, 6.45) is 0. The van der Waals surface area contributed by atoms with Crippen molar-refractivity contribution in [1.29, 1.82) is 0 Å². The number of benzene rings is 2. The van der Waals surface area contributed by atoms with Gasteiger partial charge in [-0.2, -0.15) is 0 Å². The number of rotatable bonds is 3. The van der Waals surface area contributed by atoms with Gasteiger partial charge in [-0.15, -0.1) is 0 Å². The minimum absolute atomic E-state index is 0.566. The summed E-state index contributed by atoms with van der Waals surface area (Å²) in [6, 6.07) is 14.0. The first-order chi connectivity index (χ1) is 8.13. The highest BCUT2D eigenvalue weighted by atomic mass is 79.9. The number of ether oxygens (including phenoxy) is 1. The van der Waals surface area contributed by atoms with Gasteiger partial charge < -0.3 is 4.74 Å². The maximum Gasteiger partial charge on any atom is 0.122 e. The standard InChI is InChI=1S/C13H9Br3O/c14-10-3-1-9(2-4-10)8-17-13-6-11(15)5-12(16)7-13/h1-7H,8H2. The Morgan fingerprint density at radius 1 is 0.765 bits per heavy atom. The van der Waals surface area contributed by atoms with E-state index in [1.54, 1.807) is 0 Å². The molecule has 17 heavy (non-hydrogen) atoms. The van der Waals surface area contributed by atoms with Gasteiger partial charge in [-0.3, -0.25) is 0 Å². The zero-order valence-corrected chi connectivity index (χ0v) is 13.5. The second-order valence-electron chi connectivity index (χ2n) is 3.52. The Morgan fingerprint density at radius 2 is 1.35 bits per heavy atom. The normalized spacial score (nSPS) is 10.3. The van der Waals surface area contributed by atoms with Gasteiger partial charge in [0.25, 0.3) is 0 Å². The summed E-state index contributed by atoms with van der Waals surface area (Å²) < 4.78 is 8.79. The molecule has 0 unspecified atom stereocenters. The third kappa shape index (κ3) is 4.12. The van der Waals surface area contributed by atoms with Crippen LogP contribution in [0.25, 0.3) is 0 Å². The molecule has 88 valence electrons. The molecule has 0 bridgehead atoms. The summed E-state index contributed by atoms with van der Waals surface area (Å²) in [5, 5.41) is 0. The summed E-state index contributed by atoms with van der Waals surface area (Å²) in [7, 11) is 0. The Balaban J connectivity index is 2.04. The van der Waals surface area contributed by atoms with E-state index in [4.69, 9.17) is 4.74 Å². The first kappa shape index (κ1) is 13.1. The minimum Gasteiger partial charge on any atom is -0.489 e. The molecule has 2 rings (SSSR count). The molecule has 0 aliphatic rings. The first-order valence-corrected chi connectivity index (χ1v) is 7.35. The summed E-state index contributed by atoms with van der Waals surface area (Å²) >= 11 is 10.3. The lowest BCUT2D eigenvalue weighted by Crippen LogP contribution is -1.95. The van der Waals surface area contributed by atoms with E-state index in [2.05, 4.69) is 47.8 Å². The molecule has 0 aromatic heterocycles. The van der Waals surface area contributed by atoms with Gasteiger partial charge >= 0.3 is 0 Å². The molecule has 0 saturated carbocycles. The highest BCUT2D eigenvalue weighted by Gasteiger charge is 1.99. The van der Waals surface area contributed by atoms with E-state index in [1.807, 2.05) is 42.5 Å². The molecular formula is C13H9Br3O. The number of hydrogen-bond donors (Lipinski definition) is 0. The van der Waals surface area contributed by atoms with Gasteiger partial charge in [0.2, 0.25) is 0 Å². The minimum atomic E-state index is 0.566. The largest absolute Gasteiger partial charge is 0.489 e. The third-order valence-corrected chi connectivity index (χ3v) is 3.60. The predicted octanol–water partition coefficient (Wildman–Crippen LogP) is 5.55. The van der Waals surface area contributed by atoms with Crippen LogP contribution in [0.4, 0.5) is 0 Å². The van der Waals surface area contributed by atoms with E-state index >= 15 is 0 Å². The fraction of sp³-hybridized carbons (Fsp3) is 0.0769. The van der Waals surface area contributed by atoms with E-state index in [0.717, 1.165) is 24.7 Å². The van der Waals surface area contributed by atoms with Gasteiger partial charge in [0.05, 0.1) is 0 Å². The number of halogens is 3. The Hall–Kier alpha value is -0.320. The maximum absolute atomic E-state index is 5.72. The summed E-state index contributed by atoms with van der Waals surface area (Å²) in [5.74, 6) is 0.842. The SMILES string of the molecule is Brc1ccc(COc2cc(Br)cc(Br)c2)cc1. The zero-order valence-electron chi connectivity index (χ0n) is 8.79. The second kappa shape index (κ2) is 6.03. The molecule has 0 spiro atoms. The Morgan fingerprint density at radius 3 is 1.94 bits per heavy atom. The van der Waals surface area contributed by atoms with Crippen LogP contribution >= 0.6 is 47.8 Å². The monoisotopic (exact) mass is 418 g/mol. The molecule has 0 saturated heterocycles. The smallest absolute Gasteiger partial charge is 0.122 e. The molecule has 0 atom stereocenters. The van der Waals surface area contributed by atoms with Gasteiger partial charge in [-0.1, -0.05) is 59.9 Å². The van der Waals surface area contributed by atoms with Crippen molar-refractivity contribution in [3.63, 3.8) is 0 Å². The molecule has 0 heterocycles. The van der Waals surface area contributed by atoms with Gasteiger partial charge in [0.1, 0.15) is 12.4 Å². The van der Waals surface area contributed by atoms with Crippen molar-refractivity contribution in [2.75, 3.05) is 0 Å². The molecule has 0 N–H and O–H groups in total. The molecule has 4 heteroatoms. The van der Waals surface area contributed by atoms with E-state index in [9.17, 15) is 0 Å². The fourth-order valence-electron chi connectivity index (χ4n) is 1.36. The summed E-state index contributed by atoms with van der Waals surface area (Å²) in [5.41, 5.74) is 1.14. The number of hydrogen-bond acceptors (Lipinski definition) is 1. The molecular weight excluding hydrogens is 412 g/mol. The van der Waals surface area contributed by atoms with Crippen LogP contribution in [0.2, 0.25) is 0 Å². The average Bonchev–Trinajstić information content (AvgIpc) is 2.27. The quantitative estimate of drug-likeness (QED) is 0.632. The highest BCUT2D eigenvalue weighted by molar-refractivity contribution is 9.11. The second-order valence-corrected chi connectivity index (χ2v) is 6.27. The van der Waals surface area contributed by atoms with Crippen LogP contribution in [-0.4, -0.2) is 0 Å². The Kier molecular flexibility index (Phi) is 4.65. The van der Waals surface area contributed by atoms with Crippen LogP contribution in [-0.2, 0) is 6.61 Å². The van der Waals surface area contributed by atoms with Crippen LogP contribution in [0.3, 0.4) is 0 Å². The molecule has 0 aliphatic carbocycles. The summed E-state index contributed by atoms with van der Waals surface area (Å²) in [4.78, 5) is 0. The van der Waals surface area contributed by atoms with Crippen molar-refractivity contribution in [2.45, 2.75) is 6.61 Å². The molecule has 2 aromatic carbocycles. The van der Waals surface area contributed by atoms with E-state index in [1.165, 1.54) is 0 Å². The van der Waals surface area contributed by atoms with Crippen LogP contribution in [0, 0.1) is 0 Å². The van der Waals surface area contributed by atoms with Crippen molar-refractivity contribution in [3.05, 3.63) is 61.4 Å². The fourth-order valence-corrected chi connectivity index (χ4v) is 2.88. The van der Waals surface area contributed by atoms with E-state index < -0.39 is 0 Å². The van der Waals surface area contributed by atoms with Crippen LogP contribution in [0.15, 0.2) is 55.9 Å².